The summed E-state index contributed by atoms with van der Waals surface area (Å²) in [5.74, 6) is 0.352. The highest BCUT2D eigenvalue weighted by molar-refractivity contribution is 5.85. The van der Waals surface area contributed by atoms with Gasteiger partial charge in [0.15, 0.2) is 5.78 Å². The highest BCUT2D eigenvalue weighted by Gasteiger charge is 2.19. The molecule has 0 aliphatic carbocycles. The Bertz CT molecular complexity index is 363. The lowest BCUT2D eigenvalue weighted by atomic mass is 9.95. The van der Waals surface area contributed by atoms with E-state index < -0.39 is 6.10 Å². The maximum Gasteiger partial charge on any atom is 0.168 e. The summed E-state index contributed by atoms with van der Waals surface area (Å²) >= 11 is 0. The topological polar surface area (TPSA) is 37.3 Å². The lowest BCUT2D eigenvalue weighted by Crippen LogP contribution is -2.17. The third kappa shape index (κ3) is 3.97. The molecule has 0 fully saturated rings. The van der Waals surface area contributed by atoms with Crippen molar-refractivity contribution in [1.82, 2.24) is 0 Å². The molecule has 0 aromatic heterocycles. The molecular weight excluding hydrogens is 212 g/mol. The minimum absolute atomic E-state index is 0.124. The van der Waals surface area contributed by atoms with Gasteiger partial charge in [-0.25, -0.2) is 0 Å². The average Bonchev–Trinajstić information content (AvgIpc) is 2.27. The molecule has 0 radical (unpaired) electrons. The Labute approximate surface area is 104 Å². The fourth-order valence-electron chi connectivity index (χ4n) is 1.79. The highest BCUT2D eigenvalue weighted by Crippen LogP contribution is 2.19. The molecule has 0 aliphatic rings. The Kier molecular flexibility index (Phi) is 4.88. The van der Waals surface area contributed by atoms with Gasteiger partial charge in [0.2, 0.25) is 0 Å². The minimum atomic E-state index is -0.983. The number of Topliss-reactive ketones (excluding diaryl/α,β-unsaturated/α-hetero) is 1. The van der Waals surface area contributed by atoms with Gasteiger partial charge in [0.25, 0.3) is 0 Å². The van der Waals surface area contributed by atoms with Crippen molar-refractivity contribution < 1.29 is 9.90 Å². The molecule has 1 N–H and O–H groups in total. The van der Waals surface area contributed by atoms with E-state index in [4.69, 9.17) is 0 Å². The summed E-state index contributed by atoms with van der Waals surface area (Å²) in [6, 6.07) is 7.68. The number of benzene rings is 1. The number of aliphatic hydroxyl groups is 1. The molecule has 0 heterocycles. The molecule has 0 spiro atoms. The summed E-state index contributed by atoms with van der Waals surface area (Å²) in [6.07, 6.45) is 0.0391. The van der Waals surface area contributed by atoms with Crippen LogP contribution in [-0.2, 0) is 11.2 Å². The van der Waals surface area contributed by atoms with Crippen molar-refractivity contribution in [3.05, 3.63) is 35.4 Å². The molecule has 0 saturated heterocycles. The van der Waals surface area contributed by atoms with Crippen molar-refractivity contribution in [3.8, 4) is 0 Å². The van der Waals surface area contributed by atoms with Crippen LogP contribution in [0.15, 0.2) is 24.3 Å². The van der Waals surface area contributed by atoms with E-state index in [0.29, 0.717) is 11.5 Å². The number of aliphatic hydroxyl groups excluding tert-OH is 1. The van der Waals surface area contributed by atoms with Gasteiger partial charge in [0, 0.05) is 5.92 Å². The van der Waals surface area contributed by atoms with Crippen LogP contribution in [0.4, 0.5) is 0 Å². The number of carbonyl (C=O) groups excluding carboxylic acids is 1. The Hall–Kier alpha value is -1.15. The van der Waals surface area contributed by atoms with E-state index in [1.807, 2.05) is 24.3 Å². The second-order valence-electron chi connectivity index (χ2n) is 5.30. The van der Waals surface area contributed by atoms with E-state index in [1.54, 1.807) is 13.8 Å². The quantitative estimate of drug-likeness (QED) is 0.849. The molecule has 0 saturated carbocycles. The van der Waals surface area contributed by atoms with E-state index >= 15 is 0 Å². The first kappa shape index (κ1) is 13.9. The maximum absolute atomic E-state index is 11.7. The predicted octanol–water partition coefficient (Wildman–Crippen LogP) is 3.14. The van der Waals surface area contributed by atoms with E-state index in [9.17, 15) is 9.90 Å². The molecular formula is C15H22O2. The minimum Gasteiger partial charge on any atom is -0.381 e. The van der Waals surface area contributed by atoms with Gasteiger partial charge in [-0.05, 0) is 23.5 Å². The van der Waals surface area contributed by atoms with Gasteiger partial charge in [-0.2, -0.15) is 0 Å². The van der Waals surface area contributed by atoms with Crippen LogP contribution in [0.5, 0.6) is 0 Å². The normalized spacial score (nSPS) is 13.1. The summed E-state index contributed by atoms with van der Waals surface area (Å²) < 4.78 is 0. The number of rotatable bonds is 5. The van der Waals surface area contributed by atoms with E-state index in [0.717, 1.165) is 6.42 Å². The zero-order valence-electron chi connectivity index (χ0n) is 11.1. The summed E-state index contributed by atoms with van der Waals surface area (Å²) in [7, 11) is 0. The van der Waals surface area contributed by atoms with Gasteiger partial charge in [0.1, 0.15) is 6.10 Å². The summed E-state index contributed by atoms with van der Waals surface area (Å²) in [5.41, 5.74) is 1.93. The summed E-state index contributed by atoms with van der Waals surface area (Å²) in [6.45, 7) is 7.95. The number of ketones is 1. The largest absolute Gasteiger partial charge is 0.381 e. The van der Waals surface area contributed by atoms with Crippen LogP contribution in [0.3, 0.4) is 0 Å². The zero-order valence-corrected chi connectivity index (χ0v) is 11.1. The first-order valence-electron chi connectivity index (χ1n) is 6.22. The third-order valence-corrected chi connectivity index (χ3v) is 2.78. The molecule has 0 bridgehead atoms. The van der Waals surface area contributed by atoms with E-state index in [1.165, 1.54) is 5.56 Å². The smallest absolute Gasteiger partial charge is 0.168 e. The lowest BCUT2D eigenvalue weighted by Gasteiger charge is -2.13. The Morgan fingerprint density at radius 2 is 1.65 bits per heavy atom. The Balaban J connectivity index is 2.77. The molecule has 1 aromatic rings. The highest BCUT2D eigenvalue weighted by atomic mass is 16.3. The molecule has 94 valence electrons. The van der Waals surface area contributed by atoms with Gasteiger partial charge in [-0.15, -0.1) is 0 Å². The SMILES string of the molecule is CC(C)Cc1ccc(C(O)C(=O)C(C)C)cc1. The molecule has 2 nitrogen and oxygen atoms in total. The number of hydrogen-bond acceptors (Lipinski definition) is 2. The molecule has 1 unspecified atom stereocenters. The van der Waals surface area contributed by atoms with E-state index in [-0.39, 0.29) is 11.7 Å². The van der Waals surface area contributed by atoms with Crippen LogP contribution in [0.25, 0.3) is 0 Å². The molecule has 1 rings (SSSR count). The number of carbonyl (C=O) groups is 1. The van der Waals surface area contributed by atoms with Crippen molar-refractivity contribution in [1.29, 1.82) is 0 Å². The van der Waals surface area contributed by atoms with Crippen LogP contribution in [0, 0.1) is 11.8 Å². The second-order valence-corrected chi connectivity index (χ2v) is 5.30. The fraction of sp³-hybridized carbons (Fsp3) is 0.533. The van der Waals surface area contributed by atoms with Gasteiger partial charge in [-0.3, -0.25) is 4.79 Å². The van der Waals surface area contributed by atoms with Crippen LogP contribution in [0.2, 0.25) is 0 Å². The standard InChI is InChI=1S/C15H22O2/c1-10(2)9-12-5-7-13(8-6-12)15(17)14(16)11(3)4/h5-8,10-11,15,17H,9H2,1-4H3. The van der Waals surface area contributed by atoms with Gasteiger partial charge in [-0.1, -0.05) is 52.0 Å². The van der Waals surface area contributed by atoms with Gasteiger partial charge in [0.05, 0.1) is 0 Å². The van der Waals surface area contributed by atoms with Crippen molar-refractivity contribution >= 4 is 5.78 Å². The van der Waals surface area contributed by atoms with Crippen LogP contribution in [0.1, 0.15) is 44.9 Å². The maximum atomic E-state index is 11.7. The van der Waals surface area contributed by atoms with E-state index in [2.05, 4.69) is 13.8 Å². The van der Waals surface area contributed by atoms with Gasteiger partial charge >= 0.3 is 0 Å². The molecule has 2 heteroatoms. The molecule has 0 amide bonds. The van der Waals surface area contributed by atoms with Crippen molar-refractivity contribution in [2.75, 3.05) is 0 Å². The summed E-state index contributed by atoms with van der Waals surface area (Å²) in [4.78, 5) is 11.7. The second kappa shape index (κ2) is 5.97. The third-order valence-electron chi connectivity index (χ3n) is 2.78. The first-order chi connectivity index (χ1) is 7.91. The molecule has 1 aromatic carbocycles. The number of hydrogen-bond donors (Lipinski definition) is 1. The van der Waals surface area contributed by atoms with Crippen LogP contribution < -0.4 is 0 Å². The lowest BCUT2D eigenvalue weighted by molar-refractivity contribution is -0.130. The average molecular weight is 234 g/mol. The summed E-state index contributed by atoms with van der Waals surface area (Å²) in [5, 5.41) is 9.88. The fourth-order valence-corrected chi connectivity index (χ4v) is 1.79. The predicted molar refractivity (Wildman–Crippen MR) is 69.8 cm³/mol. The Morgan fingerprint density at radius 3 is 2.06 bits per heavy atom. The zero-order chi connectivity index (χ0) is 13.0. The van der Waals surface area contributed by atoms with Crippen molar-refractivity contribution in [3.63, 3.8) is 0 Å². The van der Waals surface area contributed by atoms with Crippen LogP contribution in [-0.4, -0.2) is 10.9 Å². The Morgan fingerprint density at radius 1 is 1.12 bits per heavy atom. The van der Waals surface area contributed by atoms with Crippen molar-refractivity contribution in [2.45, 2.75) is 40.2 Å². The molecule has 17 heavy (non-hydrogen) atoms. The molecule has 1 atom stereocenters. The molecule has 0 aliphatic heterocycles. The van der Waals surface area contributed by atoms with Crippen molar-refractivity contribution in [2.24, 2.45) is 11.8 Å². The first-order valence-corrected chi connectivity index (χ1v) is 6.22. The van der Waals surface area contributed by atoms with Crippen LogP contribution >= 0.6 is 0 Å². The monoisotopic (exact) mass is 234 g/mol. The van der Waals surface area contributed by atoms with Gasteiger partial charge < -0.3 is 5.11 Å².